The molecule has 0 amide bonds. The number of nitrogen functional groups attached to an aromatic ring is 1. The number of Topliss-reactive ketones (excluding diaryl/α,β-unsaturated/α-hetero) is 1. The topological polar surface area (TPSA) is 81.6 Å². The summed E-state index contributed by atoms with van der Waals surface area (Å²) in [5, 5.41) is 0. The van der Waals surface area contributed by atoms with Gasteiger partial charge in [-0.05, 0) is 38.7 Å². The van der Waals surface area contributed by atoms with Crippen molar-refractivity contribution in [3.05, 3.63) is 18.0 Å². The summed E-state index contributed by atoms with van der Waals surface area (Å²) in [4.78, 5) is 18.5. The lowest BCUT2D eigenvalue weighted by Crippen LogP contribution is -2.36. The third-order valence-corrected chi connectivity index (χ3v) is 5.56. The molecule has 0 atom stereocenters. The molecule has 0 bridgehead atoms. The molecule has 1 aromatic heterocycles. The van der Waals surface area contributed by atoms with E-state index < -0.39 is 0 Å². The van der Waals surface area contributed by atoms with E-state index in [0.717, 1.165) is 80.4 Å². The molecule has 1 aromatic carbocycles. The van der Waals surface area contributed by atoms with E-state index in [1.54, 1.807) is 6.92 Å². The van der Waals surface area contributed by atoms with Crippen LogP contribution in [0.3, 0.4) is 0 Å². The minimum Gasteiger partial charge on any atom is -0.440 e. The number of carbonyl (C=O) groups excluding carboxylic acids is 1. The zero-order valence-corrected chi connectivity index (χ0v) is 14.7. The number of rotatable bonds is 3. The van der Waals surface area contributed by atoms with Gasteiger partial charge in [0.1, 0.15) is 11.3 Å². The predicted molar refractivity (Wildman–Crippen MR) is 96.8 cm³/mol. The molecule has 1 aliphatic heterocycles. The summed E-state index contributed by atoms with van der Waals surface area (Å²) < 4.78 is 11.4. The van der Waals surface area contributed by atoms with Gasteiger partial charge in [-0.2, -0.15) is 0 Å². The maximum atomic E-state index is 11.5. The lowest BCUT2D eigenvalue weighted by molar-refractivity contribution is -0.121. The molecule has 25 heavy (non-hydrogen) atoms. The fraction of sp³-hybridized carbons (Fsp3) is 0.579. The molecule has 2 fully saturated rings. The molecule has 2 N–H and O–H groups in total. The average Bonchev–Trinajstić information content (AvgIpc) is 3.04. The molecule has 1 aliphatic carbocycles. The highest BCUT2D eigenvalue weighted by Crippen LogP contribution is 2.38. The number of oxazole rings is 1. The second-order valence-electron chi connectivity index (χ2n) is 7.19. The average molecular weight is 343 g/mol. The minimum absolute atomic E-state index is 0.212. The number of aromatic nitrogens is 1. The Balaban J connectivity index is 1.57. The first kappa shape index (κ1) is 16.4. The summed E-state index contributed by atoms with van der Waals surface area (Å²) in [5.41, 5.74) is 9.59. The van der Waals surface area contributed by atoms with E-state index in [1.165, 1.54) is 0 Å². The van der Waals surface area contributed by atoms with Gasteiger partial charge >= 0.3 is 0 Å². The van der Waals surface area contributed by atoms with Gasteiger partial charge in [0.25, 0.3) is 0 Å². The van der Waals surface area contributed by atoms with Crippen LogP contribution < -0.4 is 10.6 Å². The maximum Gasteiger partial charge on any atom is 0.198 e. The fourth-order valence-electron chi connectivity index (χ4n) is 4.00. The smallest absolute Gasteiger partial charge is 0.198 e. The van der Waals surface area contributed by atoms with Crippen molar-refractivity contribution in [1.29, 1.82) is 0 Å². The van der Waals surface area contributed by atoms with Gasteiger partial charge in [0.2, 0.25) is 0 Å². The van der Waals surface area contributed by atoms with Crippen LogP contribution in [0.4, 0.5) is 11.4 Å². The van der Waals surface area contributed by atoms with Crippen molar-refractivity contribution in [2.45, 2.75) is 38.5 Å². The maximum absolute atomic E-state index is 11.5. The van der Waals surface area contributed by atoms with E-state index in [4.69, 9.17) is 19.9 Å². The van der Waals surface area contributed by atoms with Gasteiger partial charge in [0, 0.05) is 31.0 Å². The SMILES string of the molecule is CC(=O)[C@H]1CC[C@H](c2nc3cc(N4CCOCC4)c(N)cc3o2)CC1. The van der Waals surface area contributed by atoms with E-state index in [9.17, 15) is 4.79 Å². The molecule has 4 rings (SSSR count). The van der Waals surface area contributed by atoms with Crippen LogP contribution in [0.5, 0.6) is 0 Å². The number of benzene rings is 1. The molecule has 1 saturated carbocycles. The Hall–Kier alpha value is -2.08. The quantitative estimate of drug-likeness (QED) is 0.863. The zero-order chi connectivity index (χ0) is 17.4. The first-order chi connectivity index (χ1) is 12.1. The van der Waals surface area contributed by atoms with Gasteiger partial charge in [-0.3, -0.25) is 4.79 Å². The number of carbonyl (C=O) groups is 1. The highest BCUT2D eigenvalue weighted by molar-refractivity contribution is 5.86. The summed E-state index contributed by atoms with van der Waals surface area (Å²) >= 11 is 0. The fourth-order valence-corrected chi connectivity index (χ4v) is 4.00. The standard InChI is InChI=1S/C19H25N3O3/c1-12(23)13-2-4-14(5-3-13)19-21-16-11-17(15(20)10-18(16)25-19)22-6-8-24-9-7-22/h10-11,13-14H,2-9,20H2,1H3/t13-,14-. The number of hydrogen-bond donors (Lipinski definition) is 1. The van der Waals surface area contributed by atoms with Crippen LogP contribution in [0.25, 0.3) is 11.1 Å². The third-order valence-electron chi connectivity index (χ3n) is 5.56. The van der Waals surface area contributed by atoms with Crippen molar-refractivity contribution in [2.75, 3.05) is 36.9 Å². The van der Waals surface area contributed by atoms with E-state index in [0.29, 0.717) is 11.7 Å². The van der Waals surface area contributed by atoms with Crippen LogP contribution in [-0.4, -0.2) is 37.1 Å². The Morgan fingerprint density at radius 3 is 2.60 bits per heavy atom. The molecule has 1 saturated heterocycles. The van der Waals surface area contributed by atoms with Crippen LogP contribution in [0.1, 0.15) is 44.4 Å². The van der Waals surface area contributed by atoms with Crippen molar-refractivity contribution in [1.82, 2.24) is 4.98 Å². The number of morpholine rings is 1. The van der Waals surface area contributed by atoms with Crippen LogP contribution in [-0.2, 0) is 9.53 Å². The van der Waals surface area contributed by atoms with Crippen molar-refractivity contribution < 1.29 is 13.9 Å². The molecular weight excluding hydrogens is 318 g/mol. The lowest BCUT2D eigenvalue weighted by Gasteiger charge is -2.29. The molecule has 0 spiro atoms. The van der Waals surface area contributed by atoms with Crippen LogP contribution in [0, 0.1) is 5.92 Å². The first-order valence-electron chi connectivity index (χ1n) is 9.15. The van der Waals surface area contributed by atoms with Crippen LogP contribution >= 0.6 is 0 Å². The summed E-state index contributed by atoms with van der Waals surface area (Å²) in [6, 6.07) is 3.92. The van der Waals surface area contributed by atoms with Crippen molar-refractivity contribution in [3.8, 4) is 0 Å². The second-order valence-corrected chi connectivity index (χ2v) is 7.19. The summed E-state index contributed by atoms with van der Waals surface area (Å²) in [7, 11) is 0. The molecule has 0 radical (unpaired) electrons. The summed E-state index contributed by atoms with van der Waals surface area (Å²) in [5.74, 6) is 1.61. The lowest BCUT2D eigenvalue weighted by atomic mass is 9.80. The minimum atomic E-state index is 0.212. The first-order valence-corrected chi connectivity index (χ1v) is 9.15. The summed E-state index contributed by atoms with van der Waals surface area (Å²) in [6.45, 7) is 4.83. The summed E-state index contributed by atoms with van der Waals surface area (Å²) in [6.07, 6.45) is 3.78. The molecule has 6 heteroatoms. The molecule has 2 heterocycles. The van der Waals surface area contributed by atoms with Crippen molar-refractivity contribution in [2.24, 2.45) is 5.92 Å². The van der Waals surface area contributed by atoms with Gasteiger partial charge in [0.05, 0.1) is 24.6 Å². The van der Waals surface area contributed by atoms with Crippen LogP contribution in [0.15, 0.2) is 16.5 Å². The van der Waals surface area contributed by atoms with Gasteiger partial charge in [-0.25, -0.2) is 4.98 Å². The van der Waals surface area contributed by atoms with E-state index >= 15 is 0 Å². The number of ketones is 1. The Morgan fingerprint density at radius 1 is 1.20 bits per heavy atom. The third kappa shape index (κ3) is 3.23. The zero-order valence-electron chi connectivity index (χ0n) is 14.7. The predicted octanol–water partition coefficient (Wildman–Crippen LogP) is 3.11. The van der Waals surface area contributed by atoms with E-state index in [-0.39, 0.29) is 5.92 Å². The van der Waals surface area contributed by atoms with Gasteiger partial charge in [-0.15, -0.1) is 0 Å². The molecule has 2 aliphatic rings. The van der Waals surface area contributed by atoms with Gasteiger partial charge < -0.3 is 19.8 Å². The van der Waals surface area contributed by atoms with Crippen LogP contribution in [0.2, 0.25) is 0 Å². The Bertz CT molecular complexity index is 772. The highest BCUT2D eigenvalue weighted by Gasteiger charge is 2.28. The Morgan fingerprint density at radius 2 is 1.92 bits per heavy atom. The number of ether oxygens (including phenoxy) is 1. The molecule has 134 valence electrons. The van der Waals surface area contributed by atoms with Gasteiger partial charge in [0.15, 0.2) is 11.5 Å². The molecule has 0 unspecified atom stereocenters. The molecule has 2 aromatic rings. The highest BCUT2D eigenvalue weighted by atomic mass is 16.5. The molecular formula is C19H25N3O3. The Kier molecular flexibility index (Phi) is 4.37. The molecule has 6 nitrogen and oxygen atoms in total. The van der Waals surface area contributed by atoms with Crippen molar-refractivity contribution >= 4 is 28.3 Å². The number of nitrogens with two attached hydrogens (primary N) is 1. The van der Waals surface area contributed by atoms with E-state index in [1.807, 2.05) is 12.1 Å². The monoisotopic (exact) mass is 343 g/mol. The Labute approximate surface area is 147 Å². The largest absolute Gasteiger partial charge is 0.440 e. The number of anilines is 2. The van der Waals surface area contributed by atoms with Crippen molar-refractivity contribution in [3.63, 3.8) is 0 Å². The number of hydrogen-bond acceptors (Lipinski definition) is 6. The van der Waals surface area contributed by atoms with E-state index in [2.05, 4.69) is 4.90 Å². The normalized spacial score (nSPS) is 24.6. The number of nitrogens with zero attached hydrogens (tertiary/aromatic N) is 2. The van der Waals surface area contributed by atoms with Gasteiger partial charge in [-0.1, -0.05) is 0 Å². The second kappa shape index (κ2) is 6.67. The number of fused-ring (bicyclic) bond motifs is 1.